The second-order valence-corrected chi connectivity index (χ2v) is 6.23. The molecule has 0 aliphatic rings. The van der Waals surface area contributed by atoms with Crippen LogP contribution in [-0.4, -0.2) is 16.5 Å². The minimum atomic E-state index is -0.258. The van der Waals surface area contributed by atoms with Gasteiger partial charge in [-0.1, -0.05) is 32.4 Å². The summed E-state index contributed by atoms with van der Waals surface area (Å²) in [5, 5.41) is 0.408. The highest BCUT2D eigenvalue weighted by Gasteiger charge is 2.20. The number of hydrogen-bond donors (Lipinski definition) is 0. The van der Waals surface area contributed by atoms with Gasteiger partial charge in [-0.2, -0.15) is 0 Å². The number of halogens is 2. The van der Waals surface area contributed by atoms with Gasteiger partial charge in [0, 0.05) is 23.7 Å². The van der Waals surface area contributed by atoms with Crippen LogP contribution in [0.4, 0.5) is 15.9 Å². The van der Waals surface area contributed by atoms with Crippen molar-refractivity contribution in [2.75, 3.05) is 11.4 Å². The number of anilines is 2. The molecule has 0 N–H and O–H groups in total. The maximum Gasteiger partial charge on any atom is 0.138 e. The van der Waals surface area contributed by atoms with Crippen LogP contribution in [0.2, 0.25) is 5.15 Å². The van der Waals surface area contributed by atoms with Gasteiger partial charge in [-0.05, 0) is 31.2 Å². The predicted octanol–water partition coefficient (Wildman–Crippen LogP) is 4.72. The first-order valence-corrected chi connectivity index (χ1v) is 7.27. The van der Waals surface area contributed by atoms with Crippen molar-refractivity contribution in [3.63, 3.8) is 0 Å². The smallest absolute Gasteiger partial charge is 0.138 e. The molecule has 0 saturated heterocycles. The lowest BCUT2D eigenvalue weighted by molar-refractivity contribution is 0.545. The van der Waals surface area contributed by atoms with Gasteiger partial charge in [0.15, 0.2) is 0 Å². The molecule has 1 aromatic carbocycles. The molecule has 0 aliphatic heterocycles. The molecule has 2 rings (SSSR count). The summed E-state index contributed by atoms with van der Waals surface area (Å²) >= 11 is 6.13. The molecular weight excluding hydrogens is 289 g/mol. The molecule has 112 valence electrons. The fraction of sp³-hybridized carbons (Fsp3) is 0.375. The zero-order valence-corrected chi connectivity index (χ0v) is 13.4. The van der Waals surface area contributed by atoms with E-state index in [-0.39, 0.29) is 11.2 Å². The monoisotopic (exact) mass is 307 g/mol. The molecule has 3 nitrogen and oxygen atoms in total. The van der Waals surface area contributed by atoms with E-state index in [0.29, 0.717) is 23.3 Å². The largest absolute Gasteiger partial charge is 0.327 e. The fourth-order valence-corrected chi connectivity index (χ4v) is 2.15. The standard InChI is InChI=1S/C16H19ClFN3/c1-5-21(12-8-6-11(18)7-9-12)14-10-13(17)19-15(20-14)16(2,3)4/h6-10H,5H2,1-4H3. The molecule has 0 amide bonds. The third-order valence-corrected chi connectivity index (χ3v) is 3.28. The second kappa shape index (κ2) is 5.98. The summed E-state index contributed by atoms with van der Waals surface area (Å²) in [4.78, 5) is 10.9. The van der Waals surface area contributed by atoms with Crippen molar-refractivity contribution in [3.05, 3.63) is 47.1 Å². The first-order chi connectivity index (χ1) is 9.81. The van der Waals surface area contributed by atoms with E-state index in [2.05, 4.69) is 9.97 Å². The van der Waals surface area contributed by atoms with E-state index < -0.39 is 0 Å². The molecule has 0 bridgehead atoms. The molecule has 0 aliphatic carbocycles. The Morgan fingerprint density at radius 2 is 1.76 bits per heavy atom. The molecule has 0 spiro atoms. The maximum absolute atomic E-state index is 13.1. The quantitative estimate of drug-likeness (QED) is 0.768. The zero-order valence-electron chi connectivity index (χ0n) is 12.7. The lowest BCUT2D eigenvalue weighted by Crippen LogP contribution is -2.22. The predicted molar refractivity (Wildman–Crippen MR) is 84.8 cm³/mol. The van der Waals surface area contributed by atoms with Crippen molar-refractivity contribution in [2.24, 2.45) is 0 Å². The first-order valence-electron chi connectivity index (χ1n) is 6.89. The zero-order chi connectivity index (χ0) is 15.6. The van der Waals surface area contributed by atoms with Gasteiger partial charge in [-0.3, -0.25) is 0 Å². The Hall–Kier alpha value is -1.68. The third-order valence-electron chi connectivity index (χ3n) is 3.08. The van der Waals surface area contributed by atoms with Gasteiger partial charge in [0.05, 0.1) is 0 Å². The molecule has 0 fully saturated rings. The van der Waals surface area contributed by atoms with Crippen LogP contribution in [0, 0.1) is 5.82 Å². The van der Waals surface area contributed by atoms with Gasteiger partial charge in [-0.15, -0.1) is 0 Å². The van der Waals surface area contributed by atoms with E-state index in [9.17, 15) is 4.39 Å². The van der Waals surface area contributed by atoms with E-state index in [1.54, 1.807) is 18.2 Å². The van der Waals surface area contributed by atoms with Crippen molar-refractivity contribution in [2.45, 2.75) is 33.1 Å². The summed E-state index contributed by atoms with van der Waals surface area (Å²) < 4.78 is 13.1. The van der Waals surface area contributed by atoms with Crippen molar-refractivity contribution in [1.29, 1.82) is 0 Å². The number of nitrogens with zero attached hydrogens (tertiary/aromatic N) is 3. The highest BCUT2D eigenvalue weighted by molar-refractivity contribution is 6.29. The van der Waals surface area contributed by atoms with E-state index >= 15 is 0 Å². The van der Waals surface area contributed by atoms with E-state index in [1.165, 1.54) is 12.1 Å². The van der Waals surface area contributed by atoms with Crippen LogP contribution in [0.25, 0.3) is 0 Å². The minimum Gasteiger partial charge on any atom is -0.327 e. The highest BCUT2D eigenvalue weighted by atomic mass is 35.5. The van der Waals surface area contributed by atoms with Gasteiger partial charge in [0.2, 0.25) is 0 Å². The summed E-state index contributed by atoms with van der Waals surface area (Å²) in [7, 11) is 0. The maximum atomic E-state index is 13.1. The second-order valence-electron chi connectivity index (χ2n) is 5.84. The summed E-state index contributed by atoms with van der Waals surface area (Å²) in [5.41, 5.74) is 0.676. The van der Waals surface area contributed by atoms with Gasteiger partial charge in [0.1, 0.15) is 22.6 Å². The Bertz CT molecular complexity index is 620. The highest BCUT2D eigenvalue weighted by Crippen LogP contribution is 2.28. The first kappa shape index (κ1) is 15.7. The Morgan fingerprint density at radius 1 is 1.14 bits per heavy atom. The van der Waals surface area contributed by atoms with Crippen molar-refractivity contribution in [1.82, 2.24) is 9.97 Å². The summed E-state index contributed by atoms with van der Waals surface area (Å²) in [6, 6.07) is 8.05. The molecule has 1 aromatic heterocycles. The number of hydrogen-bond acceptors (Lipinski definition) is 3. The third kappa shape index (κ3) is 3.70. The molecular formula is C16H19ClFN3. The van der Waals surface area contributed by atoms with Crippen LogP contribution < -0.4 is 4.90 Å². The van der Waals surface area contributed by atoms with Crippen LogP contribution in [0.3, 0.4) is 0 Å². The average molecular weight is 308 g/mol. The Kier molecular flexibility index (Phi) is 4.47. The average Bonchev–Trinajstić information content (AvgIpc) is 2.40. The molecule has 5 heteroatoms. The van der Waals surface area contributed by atoms with Gasteiger partial charge in [-0.25, -0.2) is 14.4 Å². The molecule has 2 aromatic rings. The lowest BCUT2D eigenvalue weighted by atomic mass is 9.96. The summed E-state index contributed by atoms with van der Waals surface area (Å²) in [5.74, 6) is 1.14. The Labute approximate surface area is 129 Å². The lowest BCUT2D eigenvalue weighted by Gasteiger charge is -2.25. The number of benzene rings is 1. The van der Waals surface area contributed by atoms with Crippen LogP contribution in [0.15, 0.2) is 30.3 Å². The van der Waals surface area contributed by atoms with Gasteiger partial charge < -0.3 is 4.90 Å². The van der Waals surface area contributed by atoms with E-state index in [4.69, 9.17) is 11.6 Å². The van der Waals surface area contributed by atoms with Crippen molar-refractivity contribution < 1.29 is 4.39 Å². The van der Waals surface area contributed by atoms with Crippen LogP contribution in [-0.2, 0) is 5.41 Å². The molecule has 21 heavy (non-hydrogen) atoms. The molecule has 0 saturated carbocycles. The van der Waals surface area contributed by atoms with E-state index in [1.807, 2.05) is 32.6 Å². The molecule has 0 radical (unpaired) electrons. The van der Waals surface area contributed by atoms with Crippen molar-refractivity contribution >= 4 is 23.1 Å². The molecule has 0 atom stereocenters. The van der Waals surface area contributed by atoms with Crippen LogP contribution >= 0.6 is 11.6 Å². The van der Waals surface area contributed by atoms with E-state index in [0.717, 1.165) is 5.69 Å². The normalized spacial score (nSPS) is 11.5. The minimum absolute atomic E-state index is 0.193. The van der Waals surface area contributed by atoms with Gasteiger partial charge in [0.25, 0.3) is 0 Å². The summed E-state index contributed by atoms with van der Waals surface area (Å²) in [6.07, 6.45) is 0. The molecule has 1 heterocycles. The Morgan fingerprint density at radius 3 is 2.29 bits per heavy atom. The van der Waals surface area contributed by atoms with Crippen LogP contribution in [0.5, 0.6) is 0 Å². The van der Waals surface area contributed by atoms with Gasteiger partial charge >= 0.3 is 0 Å². The van der Waals surface area contributed by atoms with Crippen molar-refractivity contribution in [3.8, 4) is 0 Å². The Balaban J connectivity index is 2.47. The SMILES string of the molecule is CCN(c1ccc(F)cc1)c1cc(Cl)nc(C(C)(C)C)n1. The summed E-state index contributed by atoms with van der Waals surface area (Å²) in [6.45, 7) is 8.82. The molecule has 0 unspecified atom stereocenters. The number of rotatable bonds is 3. The topological polar surface area (TPSA) is 29.0 Å². The number of aromatic nitrogens is 2. The van der Waals surface area contributed by atoms with Crippen LogP contribution in [0.1, 0.15) is 33.5 Å². The fourth-order valence-electron chi connectivity index (χ4n) is 1.98.